The van der Waals surface area contributed by atoms with Crippen LogP contribution in [-0.2, 0) is 17.8 Å². The maximum Gasteiger partial charge on any atom is 0.191 e. The van der Waals surface area contributed by atoms with Crippen molar-refractivity contribution in [1.29, 1.82) is 0 Å². The molecule has 0 aliphatic carbocycles. The predicted octanol–water partition coefficient (Wildman–Crippen LogP) is 3.30. The molecule has 0 spiro atoms. The highest BCUT2D eigenvalue weighted by Gasteiger charge is 2.06. The fourth-order valence-corrected chi connectivity index (χ4v) is 2.82. The zero-order valence-electron chi connectivity index (χ0n) is 18.1. The zero-order valence-corrected chi connectivity index (χ0v) is 20.4. The molecular weight excluding hydrogens is 493 g/mol. The van der Waals surface area contributed by atoms with Gasteiger partial charge in [0.15, 0.2) is 5.96 Å². The van der Waals surface area contributed by atoms with E-state index in [1.165, 1.54) is 5.56 Å². The van der Waals surface area contributed by atoms with E-state index < -0.39 is 6.10 Å². The SMILES string of the molecule is CCNC(=NCC(O)COCc1ccccc1)NCCc1ccc(C)c(OC)c1.I. The molecule has 30 heavy (non-hydrogen) atoms. The molecule has 0 saturated heterocycles. The van der Waals surface area contributed by atoms with Crippen LogP contribution in [0.5, 0.6) is 5.75 Å². The van der Waals surface area contributed by atoms with Crippen molar-refractivity contribution < 1.29 is 14.6 Å². The van der Waals surface area contributed by atoms with E-state index in [-0.39, 0.29) is 37.1 Å². The van der Waals surface area contributed by atoms with Gasteiger partial charge < -0.3 is 25.2 Å². The molecule has 1 atom stereocenters. The summed E-state index contributed by atoms with van der Waals surface area (Å²) in [5.41, 5.74) is 3.42. The minimum absolute atomic E-state index is 0. The summed E-state index contributed by atoms with van der Waals surface area (Å²) in [5, 5.41) is 16.6. The molecule has 0 heterocycles. The molecule has 0 saturated carbocycles. The first-order valence-corrected chi connectivity index (χ1v) is 10.1. The smallest absolute Gasteiger partial charge is 0.191 e. The van der Waals surface area contributed by atoms with Crippen LogP contribution in [-0.4, -0.2) is 50.5 Å². The third-order valence-electron chi connectivity index (χ3n) is 4.40. The van der Waals surface area contributed by atoms with Crippen LogP contribution < -0.4 is 15.4 Å². The number of aliphatic hydroxyl groups excluding tert-OH is 1. The number of hydrogen-bond acceptors (Lipinski definition) is 4. The normalized spacial score (nSPS) is 12.1. The second kappa shape index (κ2) is 15.0. The Hall–Kier alpha value is -1.84. The lowest BCUT2D eigenvalue weighted by Crippen LogP contribution is -2.39. The Labute approximate surface area is 197 Å². The van der Waals surface area contributed by atoms with Crippen molar-refractivity contribution in [1.82, 2.24) is 10.6 Å². The number of benzene rings is 2. The van der Waals surface area contributed by atoms with Gasteiger partial charge in [-0.05, 0) is 43.0 Å². The largest absolute Gasteiger partial charge is 0.496 e. The minimum Gasteiger partial charge on any atom is -0.496 e. The van der Waals surface area contributed by atoms with Gasteiger partial charge in [0, 0.05) is 13.1 Å². The Morgan fingerprint density at radius 2 is 1.87 bits per heavy atom. The van der Waals surface area contributed by atoms with E-state index in [2.05, 4.69) is 33.8 Å². The Bertz CT molecular complexity index is 757. The molecule has 0 aromatic heterocycles. The van der Waals surface area contributed by atoms with Crippen LogP contribution in [0.1, 0.15) is 23.6 Å². The number of nitrogens with zero attached hydrogens (tertiary/aromatic N) is 1. The van der Waals surface area contributed by atoms with Crippen molar-refractivity contribution >= 4 is 29.9 Å². The van der Waals surface area contributed by atoms with E-state index in [1.807, 2.05) is 44.2 Å². The second-order valence-corrected chi connectivity index (χ2v) is 6.85. The van der Waals surface area contributed by atoms with E-state index in [9.17, 15) is 5.11 Å². The number of aryl methyl sites for hydroxylation is 1. The topological polar surface area (TPSA) is 75.1 Å². The average Bonchev–Trinajstić information content (AvgIpc) is 2.74. The quantitative estimate of drug-likeness (QED) is 0.238. The number of nitrogens with one attached hydrogen (secondary N) is 2. The summed E-state index contributed by atoms with van der Waals surface area (Å²) in [6.07, 6.45) is 0.208. The summed E-state index contributed by atoms with van der Waals surface area (Å²) in [5.74, 6) is 1.59. The summed E-state index contributed by atoms with van der Waals surface area (Å²) in [6.45, 7) is 6.56. The van der Waals surface area contributed by atoms with Gasteiger partial charge >= 0.3 is 0 Å². The number of aliphatic imine (C=N–C) groups is 1. The second-order valence-electron chi connectivity index (χ2n) is 6.85. The molecule has 0 fully saturated rings. The molecule has 0 bridgehead atoms. The van der Waals surface area contributed by atoms with Crippen LogP contribution in [0.3, 0.4) is 0 Å². The lowest BCUT2D eigenvalue weighted by Gasteiger charge is -2.14. The first-order chi connectivity index (χ1) is 14.1. The molecule has 0 aliphatic heterocycles. The van der Waals surface area contributed by atoms with E-state index in [4.69, 9.17) is 9.47 Å². The standard InChI is InChI=1S/C23H33N3O3.HI/c1-4-24-23(25-13-12-19-11-10-18(2)22(14-19)28-3)26-15-21(27)17-29-16-20-8-6-5-7-9-20;/h5-11,14,21,27H,4,12-13,15-17H2,1-3H3,(H2,24,25,26);1H. The molecule has 7 heteroatoms. The first-order valence-electron chi connectivity index (χ1n) is 10.1. The van der Waals surface area contributed by atoms with Gasteiger partial charge in [-0.25, -0.2) is 0 Å². The predicted molar refractivity (Wildman–Crippen MR) is 133 cm³/mol. The maximum atomic E-state index is 10.1. The van der Waals surface area contributed by atoms with Gasteiger partial charge in [0.05, 0.1) is 33.0 Å². The van der Waals surface area contributed by atoms with Crippen LogP contribution in [0.15, 0.2) is 53.5 Å². The van der Waals surface area contributed by atoms with Gasteiger partial charge in [-0.15, -0.1) is 24.0 Å². The molecule has 0 amide bonds. The fourth-order valence-electron chi connectivity index (χ4n) is 2.82. The molecule has 0 radical (unpaired) electrons. The molecule has 2 rings (SSSR count). The lowest BCUT2D eigenvalue weighted by molar-refractivity contribution is 0.0331. The number of hydrogen-bond donors (Lipinski definition) is 3. The third kappa shape index (κ3) is 9.77. The van der Waals surface area contributed by atoms with Crippen LogP contribution in [0.2, 0.25) is 0 Å². The number of methoxy groups -OCH3 is 1. The number of ether oxygens (including phenoxy) is 2. The Morgan fingerprint density at radius 3 is 2.57 bits per heavy atom. The molecule has 2 aromatic carbocycles. The van der Waals surface area contributed by atoms with E-state index in [1.54, 1.807) is 7.11 Å². The molecule has 166 valence electrons. The summed E-state index contributed by atoms with van der Waals surface area (Å²) < 4.78 is 11.0. The first kappa shape index (κ1) is 26.2. The van der Waals surface area contributed by atoms with Gasteiger partial charge in [0.1, 0.15) is 5.75 Å². The minimum atomic E-state index is -0.643. The van der Waals surface area contributed by atoms with Gasteiger partial charge in [0.25, 0.3) is 0 Å². The Morgan fingerprint density at radius 1 is 1.10 bits per heavy atom. The number of rotatable bonds is 11. The summed E-state index contributed by atoms with van der Waals surface area (Å²) in [4.78, 5) is 4.46. The molecule has 3 N–H and O–H groups in total. The summed E-state index contributed by atoms with van der Waals surface area (Å²) >= 11 is 0. The van der Waals surface area contributed by atoms with Crippen molar-refractivity contribution in [2.75, 3.05) is 33.4 Å². The van der Waals surface area contributed by atoms with Crippen LogP contribution in [0, 0.1) is 6.92 Å². The van der Waals surface area contributed by atoms with Crippen molar-refractivity contribution in [3.05, 3.63) is 65.2 Å². The highest BCUT2D eigenvalue weighted by Crippen LogP contribution is 2.18. The fraction of sp³-hybridized carbons (Fsp3) is 0.435. The Balaban J connectivity index is 0.00000450. The van der Waals surface area contributed by atoms with Gasteiger partial charge in [0.2, 0.25) is 0 Å². The van der Waals surface area contributed by atoms with Gasteiger partial charge in [-0.3, -0.25) is 4.99 Å². The van der Waals surface area contributed by atoms with Crippen molar-refractivity contribution in [3.8, 4) is 5.75 Å². The van der Waals surface area contributed by atoms with Gasteiger partial charge in [-0.2, -0.15) is 0 Å². The number of aliphatic hydroxyl groups is 1. The van der Waals surface area contributed by atoms with Crippen molar-refractivity contribution in [3.63, 3.8) is 0 Å². The Kier molecular flexibility index (Phi) is 13.1. The van der Waals surface area contributed by atoms with E-state index in [0.29, 0.717) is 12.6 Å². The van der Waals surface area contributed by atoms with Crippen LogP contribution in [0.25, 0.3) is 0 Å². The van der Waals surface area contributed by atoms with Gasteiger partial charge in [-0.1, -0.05) is 42.5 Å². The molecule has 1 unspecified atom stereocenters. The summed E-state index contributed by atoms with van der Waals surface area (Å²) in [7, 11) is 1.69. The molecule has 6 nitrogen and oxygen atoms in total. The highest BCUT2D eigenvalue weighted by atomic mass is 127. The zero-order chi connectivity index (χ0) is 20.9. The number of halogens is 1. The molecular formula is C23H34IN3O3. The average molecular weight is 527 g/mol. The summed E-state index contributed by atoms with van der Waals surface area (Å²) in [6, 6.07) is 16.2. The van der Waals surface area contributed by atoms with Crippen LogP contribution >= 0.6 is 24.0 Å². The van der Waals surface area contributed by atoms with E-state index >= 15 is 0 Å². The van der Waals surface area contributed by atoms with Crippen molar-refractivity contribution in [2.45, 2.75) is 33.0 Å². The highest BCUT2D eigenvalue weighted by molar-refractivity contribution is 14.0. The van der Waals surface area contributed by atoms with Crippen molar-refractivity contribution in [2.24, 2.45) is 4.99 Å². The molecule has 2 aromatic rings. The number of guanidine groups is 1. The lowest BCUT2D eigenvalue weighted by atomic mass is 10.1. The maximum absolute atomic E-state index is 10.1. The third-order valence-corrected chi connectivity index (χ3v) is 4.40. The molecule has 0 aliphatic rings. The van der Waals surface area contributed by atoms with Crippen LogP contribution in [0.4, 0.5) is 0 Å². The van der Waals surface area contributed by atoms with E-state index in [0.717, 1.165) is 36.4 Å². The monoisotopic (exact) mass is 527 g/mol.